The zero-order chi connectivity index (χ0) is 12.9. The topological polar surface area (TPSA) is 0 Å². The summed E-state index contributed by atoms with van der Waals surface area (Å²) in [6, 6.07) is 0. The molecule has 0 N–H and O–H groups in total. The Hall–Kier alpha value is 0. The van der Waals surface area contributed by atoms with Gasteiger partial charge in [-0.3, -0.25) is 0 Å². The molecular weight excluding hydrogens is 204 g/mol. The predicted molar refractivity (Wildman–Crippen MR) is 80.5 cm³/mol. The van der Waals surface area contributed by atoms with Gasteiger partial charge in [0.05, 0.1) is 0 Å². The Morgan fingerprint density at radius 1 is 0.647 bits per heavy atom. The lowest BCUT2D eigenvalue weighted by Crippen LogP contribution is -2.06. The number of rotatable bonds is 12. The lowest BCUT2D eigenvalue weighted by molar-refractivity contribution is 0.326. The fraction of sp³-hybridized carbons (Fsp3) is 1.00. The molecule has 0 heteroatoms. The van der Waals surface area contributed by atoms with Crippen LogP contribution in [-0.2, 0) is 0 Å². The lowest BCUT2D eigenvalue weighted by atomic mass is 9.86. The molecule has 0 saturated carbocycles. The van der Waals surface area contributed by atoms with Gasteiger partial charge in [0.2, 0.25) is 0 Å². The van der Waals surface area contributed by atoms with Crippen LogP contribution in [0.4, 0.5) is 0 Å². The Labute approximate surface area is 111 Å². The second-order valence-corrected chi connectivity index (χ2v) is 5.99. The average Bonchev–Trinajstić information content (AvgIpc) is 2.29. The molecule has 0 aromatic heterocycles. The summed E-state index contributed by atoms with van der Waals surface area (Å²) in [7, 11) is 0. The number of unbranched alkanes of at least 4 members (excludes halogenated alkanes) is 4. The Bertz CT molecular complexity index is 133. The molecule has 0 spiro atoms. The Morgan fingerprint density at radius 3 is 1.76 bits per heavy atom. The summed E-state index contributed by atoms with van der Waals surface area (Å²) >= 11 is 0. The van der Waals surface area contributed by atoms with Gasteiger partial charge in [-0.15, -0.1) is 0 Å². The zero-order valence-electron chi connectivity index (χ0n) is 12.9. The molecule has 1 unspecified atom stereocenters. The first-order valence-electron chi connectivity index (χ1n) is 8.24. The molecule has 1 atom stereocenters. The first-order valence-corrected chi connectivity index (χ1v) is 8.24. The van der Waals surface area contributed by atoms with Gasteiger partial charge >= 0.3 is 0 Å². The monoisotopic (exact) mass is 240 g/mol. The molecule has 104 valence electrons. The van der Waals surface area contributed by atoms with E-state index < -0.39 is 0 Å². The smallest absolute Gasteiger partial charge is 0.0412 e. The van der Waals surface area contributed by atoms with E-state index in [2.05, 4.69) is 27.7 Å². The van der Waals surface area contributed by atoms with Crippen LogP contribution in [0.15, 0.2) is 0 Å². The minimum absolute atomic E-state index is 0.958. The van der Waals surface area contributed by atoms with Gasteiger partial charge in [0.15, 0.2) is 0 Å². The van der Waals surface area contributed by atoms with E-state index in [0.29, 0.717) is 0 Å². The number of hydrogen-bond donors (Lipinski definition) is 0. The van der Waals surface area contributed by atoms with Crippen molar-refractivity contribution in [3.63, 3.8) is 0 Å². The van der Waals surface area contributed by atoms with Crippen molar-refractivity contribution in [2.75, 3.05) is 0 Å². The summed E-state index contributed by atoms with van der Waals surface area (Å²) in [5.41, 5.74) is 0. The predicted octanol–water partition coefficient (Wildman–Crippen LogP) is 6.59. The van der Waals surface area contributed by atoms with E-state index in [9.17, 15) is 0 Å². The quantitative estimate of drug-likeness (QED) is 0.338. The zero-order valence-corrected chi connectivity index (χ0v) is 12.9. The van der Waals surface area contributed by atoms with Gasteiger partial charge in [0.1, 0.15) is 0 Å². The molecular formula is C17H36. The van der Waals surface area contributed by atoms with Crippen LogP contribution in [0.2, 0.25) is 0 Å². The Balaban J connectivity index is 3.55. The van der Waals surface area contributed by atoms with E-state index in [-0.39, 0.29) is 0 Å². The van der Waals surface area contributed by atoms with Crippen LogP contribution >= 0.6 is 0 Å². The summed E-state index contributed by atoms with van der Waals surface area (Å²) in [6.07, 6.45) is 15.8. The van der Waals surface area contributed by atoms with E-state index in [4.69, 9.17) is 0 Å². The van der Waals surface area contributed by atoms with E-state index in [0.717, 1.165) is 11.8 Å². The van der Waals surface area contributed by atoms with Crippen LogP contribution in [0.1, 0.15) is 98.3 Å². The van der Waals surface area contributed by atoms with Crippen molar-refractivity contribution in [1.29, 1.82) is 0 Å². The highest BCUT2D eigenvalue weighted by molar-refractivity contribution is 4.63. The third-order valence-corrected chi connectivity index (χ3v) is 3.93. The molecule has 0 nitrogen and oxygen atoms in total. The SMILES string of the molecule is CCCCCCCC(C)CC(CCC)CCC. The van der Waals surface area contributed by atoms with Gasteiger partial charge < -0.3 is 0 Å². The van der Waals surface area contributed by atoms with E-state index in [1.807, 2.05) is 0 Å². The van der Waals surface area contributed by atoms with Crippen molar-refractivity contribution in [2.24, 2.45) is 11.8 Å². The van der Waals surface area contributed by atoms with Crippen LogP contribution in [0.25, 0.3) is 0 Å². The minimum atomic E-state index is 0.958. The van der Waals surface area contributed by atoms with Crippen LogP contribution in [0.3, 0.4) is 0 Å². The highest BCUT2D eigenvalue weighted by Gasteiger charge is 2.11. The first kappa shape index (κ1) is 17.0. The second-order valence-electron chi connectivity index (χ2n) is 5.99. The minimum Gasteiger partial charge on any atom is -0.0654 e. The van der Waals surface area contributed by atoms with Crippen LogP contribution in [0.5, 0.6) is 0 Å². The highest BCUT2D eigenvalue weighted by Crippen LogP contribution is 2.25. The van der Waals surface area contributed by atoms with Crippen molar-refractivity contribution in [1.82, 2.24) is 0 Å². The standard InChI is InChI=1S/C17H36/c1-5-8-9-10-11-14-16(4)15-17(12-6-2)13-7-3/h16-17H,5-15H2,1-4H3. The fourth-order valence-corrected chi connectivity index (χ4v) is 2.98. The van der Waals surface area contributed by atoms with Gasteiger partial charge in [0.25, 0.3) is 0 Å². The van der Waals surface area contributed by atoms with Gasteiger partial charge in [-0.25, -0.2) is 0 Å². The normalized spacial score (nSPS) is 13.2. The molecule has 0 aliphatic rings. The first-order chi connectivity index (χ1) is 8.24. The molecule has 0 aromatic rings. The molecule has 0 fully saturated rings. The van der Waals surface area contributed by atoms with E-state index >= 15 is 0 Å². The average molecular weight is 240 g/mol. The Morgan fingerprint density at radius 2 is 1.24 bits per heavy atom. The molecule has 0 heterocycles. The maximum absolute atomic E-state index is 2.47. The fourth-order valence-electron chi connectivity index (χ4n) is 2.98. The molecule has 0 radical (unpaired) electrons. The summed E-state index contributed by atoms with van der Waals surface area (Å²) in [5, 5.41) is 0. The molecule has 0 aromatic carbocycles. The van der Waals surface area contributed by atoms with Gasteiger partial charge in [-0.2, -0.15) is 0 Å². The molecule has 0 bridgehead atoms. The largest absolute Gasteiger partial charge is 0.0654 e. The summed E-state index contributed by atoms with van der Waals surface area (Å²) in [4.78, 5) is 0. The van der Waals surface area contributed by atoms with Crippen LogP contribution in [-0.4, -0.2) is 0 Å². The lowest BCUT2D eigenvalue weighted by Gasteiger charge is -2.20. The Kier molecular flexibility index (Phi) is 12.5. The van der Waals surface area contributed by atoms with Gasteiger partial charge in [0, 0.05) is 0 Å². The molecule has 0 aliphatic carbocycles. The van der Waals surface area contributed by atoms with Gasteiger partial charge in [-0.05, 0) is 18.3 Å². The van der Waals surface area contributed by atoms with Crippen molar-refractivity contribution < 1.29 is 0 Å². The molecule has 0 aliphatic heterocycles. The molecule has 0 rings (SSSR count). The maximum atomic E-state index is 2.47. The third kappa shape index (κ3) is 10.9. The molecule has 0 saturated heterocycles. The number of hydrogen-bond acceptors (Lipinski definition) is 0. The summed E-state index contributed by atoms with van der Waals surface area (Å²) < 4.78 is 0. The maximum Gasteiger partial charge on any atom is -0.0412 e. The van der Waals surface area contributed by atoms with Crippen molar-refractivity contribution in [3.8, 4) is 0 Å². The van der Waals surface area contributed by atoms with Crippen molar-refractivity contribution >= 4 is 0 Å². The summed E-state index contributed by atoms with van der Waals surface area (Å²) in [5.74, 6) is 1.97. The van der Waals surface area contributed by atoms with Crippen LogP contribution in [0, 0.1) is 11.8 Å². The molecule has 0 amide bonds. The third-order valence-electron chi connectivity index (χ3n) is 3.93. The molecule has 17 heavy (non-hydrogen) atoms. The van der Waals surface area contributed by atoms with Crippen molar-refractivity contribution in [3.05, 3.63) is 0 Å². The van der Waals surface area contributed by atoms with Crippen molar-refractivity contribution in [2.45, 2.75) is 98.3 Å². The second kappa shape index (κ2) is 12.5. The summed E-state index contributed by atoms with van der Waals surface area (Å²) in [6.45, 7) is 9.43. The van der Waals surface area contributed by atoms with E-state index in [1.54, 1.807) is 0 Å². The highest BCUT2D eigenvalue weighted by atomic mass is 14.2. The van der Waals surface area contributed by atoms with Gasteiger partial charge in [-0.1, -0.05) is 91.9 Å². The van der Waals surface area contributed by atoms with Crippen LogP contribution < -0.4 is 0 Å². The van der Waals surface area contributed by atoms with E-state index in [1.165, 1.54) is 70.6 Å².